The highest BCUT2D eigenvalue weighted by Gasteiger charge is 2.40. The number of hydrogen-bond acceptors (Lipinski definition) is 3. The molecule has 0 radical (unpaired) electrons. The number of hydrogen-bond donors (Lipinski definition) is 2. The van der Waals surface area contributed by atoms with Crippen molar-refractivity contribution in [3.05, 3.63) is 95.0 Å². The van der Waals surface area contributed by atoms with Crippen molar-refractivity contribution in [2.75, 3.05) is 19.7 Å². The van der Waals surface area contributed by atoms with Crippen molar-refractivity contribution in [3.8, 4) is 11.1 Å². The van der Waals surface area contributed by atoms with Gasteiger partial charge in [0, 0.05) is 24.5 Å². The Hall–Kier alpha value is -2.17. The summed E-state index contributed by atoms with van der Waals surface area (Å²) in [4.78, 5) is 0. The number of aliphatic hydroxyl groups is 1. The zero-order valence-electron chi connectivity index (χ0n) is 15.6. The SMILES string of the molecule is OC(Cc1ccccc1-c1cccc(Cl)c1)(c1ccccc1)C1CNCCO1. The fraction of sp³-hybridized carbons (Fsp3) is 0.250. The second-order valence-corrected chi connectivity index (χ2v) is 7.63. The van der Waals surface area contributed by atoms with E-state index in [-0.39, 0.29) is 6.10 Å². The molecule has 0 saturated carbocycles. The summed E-state index contributed by atoms with van der Waals surface area (Å²) in [6.07, 6.45) is 0.127. The second kappa shape index (κ2) is 8.46. The van der Waals surface area contributed by atoms with Crippen LogP contribution in [-0.4, -0.2) is 30.9 Å². The molecule has 0 aliphatic carbocycles. The molecule has 144 valence electrons. The van der Waals surface area contributed by atoms with Crippen LogP contribution in [0.15, 0.2) is 78.9 Å². The molecule has 1 fully saturated rings. The third-order valence-corrected chi connectivity index (χ3v) is 5.58. The van der Waals surface area contributed by atoms with Crippen molar-refractivity contribution in [1.29, 1.82) is 0 Å². The summed E-state index contributed by atoms with van der Waals surface area (Å²) in [5, 5.41) is 15.9. The van der Waals surface area contributed by atoms with Gasteiger partial charge in [0.25, 0.3) is 0 Å². The first-order valence-electron chi connectivity index (χ1n) is 9.61. The van der Waals surface area contributed by atoms with Crippen LogP contribution in [0.4, 0.5) is 0 Å². The molecule has 0 amide bonds. The Labute approximate surface area is 170 Å². The number of benzene rings is 3. The van der Waals surface area contributed by atoms with Gasteiger partial charge in [-0.15, -0.1) is 0 Å². The maximum atomic E-state index is 11.9. The van der Waals surface area contributed by atoms with Gasteiger partial charge in [-0.3, -0.25) is 0 Å². The number of halogens is 1. The summed E-state index contributed by atoms with van der Waals surface area (Å²) in [5.41, 5.74) is 2.91. The molecule has 2 N–H and O–H groups in total. The van der Waals surface area contributed by atoms with Crippen LogP contribution in [-0.2, 0) is 16.8 Å². The van der Waals surface area contributed by atoms with Crippen molar-refractivity contribution in [2.24, 2.45) is 0 Å². The van der Waals surface area contributed by atoms with E-state index in [1.165, 1.54) is 0 Å². The van der Waals surface area contributed by atoms with Crippen molar-refractivity contribution >= 4 is 11.6 Å². The van der Waals surface area contributed by atoms with Crippen LogP contribution in [0.25, 0.3) is 11.1 Å². The molecule has 0 bridgehead atoms. The fourth-order valence-corrected chi connectivity index (χ4v) is 4.09. The normalized spacial score (nSPS) is 19.1. The molecule has 3 aromatic carbocycles. The van der Waals surface area contributed by atoms with E-state index >= 15 is 0 Å². The van der Waals surface area contributed by atoms with E-state index in [4.69, 9.17) is 16.3 Å². The molecule has 1 aliphatic rings. The number of rotatable bonds is 5. The minimum absolute atomic E-state index is 0.323. The minimum Gasteiger partial charge on any atom is -0.382 e. The smallest absolute Gasteiger partial charge is 0.121 e. The summed E-state index contributed by atoms with van der Waals surface area (Å²) in [6.45, 7) is 2.01. The van der Waals surface area contributed by atoms with Crippen LogP contribution in [0.3, 0.4) is 0 Å². The van der Waals surface area contributed by atoms with Gasteiger partial charge < -0.3 is 15.2 Å². The quantitative estimate of drug-likeness (QED) is 0.674. The topological polar surface area (TPSA) is 41.5 Å². The molecule has 1 aliphatic heterocycles. The molecular weight excluding hydrogens is 370 g/mol. The predicted octanol–water partition coefficient (Wildman–Crippen LogP) is 4.43. The summed E-state index contributed by atoms with van der Waals surface area (Å²) >= 11 is 6.22. The Bertz CT molecular complexity index is 925. The molecule has 3 nitrogen and oxygen atoms in total. The summed E-state index contributed by atoms with van der Waals surface area (Å²) < 4.78 is 6.00. The Morgan fingerprint density at radius 3 is 2.54 bits per heavy atom. The molecule has 28 heavy (non-hydrogen) atoms. The van der Waals surface area contributed by atoms with Crippen LogP contribution in [0.2, 0.25) is 5.02 Å². The van der Waals surface area contributed by atoms with Gasteiger partial charge in [-0.2, -0.15) is 0 Å². The van der Waals surface area contributed by atoms with E-state index in [1.807, 2.05) is 66.7 Å². The first-order chi connectivity index (χ1) is 13.7. The molecule has 2 atom stereocenters. The molecule has 2 unspecified atom stereocenters. The largest absolute Gasteiger partial charge is 0.382 e. The highest BCUT2D eigenvalue weighted by molar-refractivity contribution is 6.30. The van der Waals surface area contributed by atoms with Gasteiger partial charge in [0.2, 0.25) is 0 Å². The molecule has 4 heteroatoms. The molecule has 4 rings (SSSR count). The number of morpholine rings is 1. The van der Waals surface area contributed by atoms with Gasteiger partial charge in [0.05, 0.1) is 6.61 Å². The average Bonchev–Trinajstić information content (AvgIpc) is 2.75. The van der Waals surface area contributed by atoms with Gasteiger partial charge in [-0.1, -0.05) is 78.3 Å². The maximum absolute atomic E-state index is 11.9. The van der Waals surface area contributed by atoms with E-state index in [0.717, 1.165) is 28.8 Å². The minimum atomic E-state index is -1.14. The van der Waals surface area contributed by atoms with E-state index < -0.39 is 5.60 Å². The van der Waals surface area contributed by atoms with Gasteiger partial charge in [0.15, 0.2) is 0 Å². The lowest BCUT2D eigenvalue weighted by Gasteiger charge is -2.39. The van der Waals surface area contributed by atoms with Crippen LogP contribution >= 0.6 is 11.6 Å². The lowest BCUT2D eigenvalue weighted by atomic mass is 9.80. The number of nitrogens with one attached hydrogen (secondary N) is 1. The van der Waals surface area contributed by atoms with Gasteiger partial charge in [-0.25, -0.2) is 0 Å². The number of ether oxygens (including phenoxy) is 1. The van der Waals surface area contributed by atoms with Crippen LogP contribution in [0, 0.1) is 0 Å². The lowest BCUT2D eigenvalue weighted by molar-refractivity contribution is -0.124. The predicted molar refractivity (Wildman–Crippen MR) is 114 cm³/mol. The van der Waals surface area contributed by atoms with Crippen molar-refractivity contribution in [3.63, 3.8) is 0 Å². The first kappa shape index (κ1) is 19.2. The molecule has 3 aromatic rings. The van der Waals surface area contributed by atoms with Gasteiger partial charge >= 0.3 is 0 Å². The molecule has 0 aromatic heterocycles. The monoisotopic (exact) mass is 393 g/mol. The first-order valence-corrected chi connectivity index (χ1v) is 9.99. The molecular formula is C24H24ClNO2. The highest BCUT2D eigenvalue weighted by atomic mass is 35.5. The van der Waals surface area contributed by atoms with E-state index in [9.17, 15) is 5.11 Å². The Balaban J connectivity index is 1.76. The summed E-state index contributed by atoms with van der Waals surface area (Å²) in [6, 6.07) is 25.8. The molecule has 1 heterocycles. The third kappa shape index (κ3) is 3.98. The van der Waals surface area contributed by atoms with Gasteiger partial charge in [0.1, 0.15) is 11.7 Å². The van der Waals surface area contributed by atoms with Crippen LogP contribution < -0.4 is 5.32 Å². The molecule has 0 spiro atoms. The second-order valence-electron chi connectivity index (χ2n) is 7.20. The summed E-state index contributed by atoms with van der Waals surface area (Å²) in [5.74, 6) is 0. The van der Waals surface area contributed by atoms with Crippen LogP contribution in [0.1, 0.15) is 11.1 Å². The van der Waals surface area contributed by atoms with Crippen LogP contribution in [0.5, 0.6) is 0 Å². The molecule has 1 saturated heterocycles. The van der Waals surface area contributed by atoms with E-state index in [1.54, 1.807) is 0 Å². The zero-order chi connectivity index (χ0) is 19.4. The van der Waals surface area contributed by atoms with E-state index in [0.29, 0.717) is 24.6 Å². The van der Waals surface area contributed by atoms with Crippen molar-refractivity contribution < 1.29 is 9.84 Å². The van der Waals surface area contributed by atoms with Crippen molar-refractivity contribution in [1.82, 2.24) is 5.32 Å². The Kier molecular flexibility index (Phi) is 5.79. The highest BCUT2D eigenvalue weighted by Crippen LogP contribution is 2.35. The maximum Gasteiger partial charge on any atom is 0.121 e. The Morgan fingerprint density at radius 2 is 1.79 bits per heavy atom. The Morgan fingerprint density at radius 1 is 1.00 bits per heavy atom. The average molecular weight is 394 g/mol. The zero-order valence-corrected chi connectivity index (χ0v) is 16.4. The fourth-order valence-electron chi connectivity index (χ4n) is 3.90. The van der Waals surface area contributed by atoms with Gasteiger partial charge in [-0.05, 0) is 34.4 Å². The summed E-state index contributed by atoms with van der Waals surface area (Å²) in [7, 11) is 0. The van der Waals surface area contributed by atoms with E-state index in [2.05, 4.69) is 17.4 Å². The third-order valence-electron chi connectivity index (χ3n) is 5.35. The standard InChI is InChI=1S/C24H24ClNO2/c25-21-11-6-8-18(15-21)22-12-5-4-7-19(22)16-24(27,20-9-2-1-3-10-20)23-17-26-13-14-28-23/h1-12,15,23,26-27H,13-14,16-17H2. The lowest BCUT2D eigenvalue weighted by Crippen LogP contribution is -2.52. The van der Waals surface area contributed by atoms with Crippen molar-refractivity contribution in [2.45, 2.75) is 18.1 Å².